The molecule has 1 aliphatic carbocycles. The van der Waals surface area contributed by atoms with Gasteiger partial charge in [-0.2, -0.15) is 0 Å². The standard InChI is InChI=1S/C35H32N2O5/c1-20-8-15-30-28(16-20)29(35(41)42-19-32(38)24-10-9-21(2)22(3)17-24)18-31(36-30)23-11-13-25(14-12-23)37-33(39)26-6-4-5-7-27(26)34(37)40/h8-18,26-27H,4-7,19H2,1-3H3/t26-,27-/m0/s1. The van der Waals surface area contributed by atoms with Gasteiger partial charge in [-0.1, -0.05) is 48.7 Å². The van der Waals surface area contributed by atoms with Crippen molar-refractivity contribution >= 4 is 40.2 Å². The molecule has 0 spiro atoms. The number of anilines is 1. The van der Waals surface area contributed by atoms with Gasteiger partial charge in [-0.05, 0) is 81.1 Å². The molecule has 0 N–H and O–H groups in total. The summed E-state index contributed by atoms with van der Waals surface area (Å²) in [4.78, 5) is 58.3. The highest BCUT2D eigenvalue weighted by Gasteiger charge is 2.48. The highest BCUT2D eigenvalue weighted by molar-refractivity contribution is 6.22. The van der Waals surface area contributed by atoms with Gasteiger partial charge >= 0.3 is 5.97 Å². The fraction of sp³-hybridized carbons (Fsp3) is 0.286. The van der Waals surface area contributed by atoms with E-state index in [-0.39, 0.29) is 36.0 Å². The zero-order valence-corrected chi connectivity index (χ0v) is 24.0. The molecule has 2 heterocycles. The van der Waals surface area contributed by atoms with Crippen LogP contribution in [0.25, 0.3) is 22.2 Å². The van der Waals surface area contributed by atoms with Crippen LogP contribution >= 0.6 is 0 Å². The van der Waals surface area contributed by atoms with E-state index in [2.05, 4.69) is 0 Å². The van der Waals surface area contributed by atoms with E-state index in [9.17, 15) is 19.2 Å². The minimum Gasteiger partial charge on any atom is -0.454 e. The summed E-state index contributed by atoms with van der Waals surface area (Å²) in [5.74, 6) is -1.55. The van der Waals surface area contributed by atoms with Crippen LogP contribution in [0.15, 0.2) is 66.7 Å². The Kier molecular flexibility index (Phi) is 7.19. The molecule has 6 rings (SSSR count). The second kappa shape index (κ2) is 11.0. The van der Waals surface area contributed by atoms with Gasteiger partial charge in [0, 0.05) is 16.5 Å². The summed E-state index contributed by atoms with van der Waals surface area (Å²) in [5, 5.41) is 0.634. The lowest BCUT2D eigenvalue weighted by Crippen LogP contribution is -2.30. The fourth-order valence-electron chi connectivity index (χ4n) is 6.06. The first-order chi connectivity index (χ1) is 20.2. The number of benzene rings is 3. The number of aryl methyl sites for hydroxylation is 3. The number of imide groups is 1. The highest BCUT2D eigenvalue weighted by atomic mass is 16.5. The van der Waals surface area contributed by atoms with E-state index in [4.69, 9.17) is 9.72 Å². The molecule has 1 saturated heterocycles. The van der Waals surface area contributed by atoms with Gasteiger partial charge in [0.1, 0.15) is 0 Å². The van der Waals surface area contributed by atoms with Crippen molar-refractivity contribution in [2.24, 2.45) is 11.8 Å². The Balaban J connectivity index is 1.28. The van der Waals surface area contributed by atoms with Crippen LogP contribution in [-0.2, 0) is 14.3 Å². The number of ketones is 1. The Hall–Kier alpha value is -4.65. The van der Waals surface area contributed by atoms with Crippen LogP contribution in [-0.4, -0.2) is 35.2 Å². The van der Waals surface area contributed by atoms with Gasteiger partial charge in [-0.15, -0.1) is 0 Å². The van der Waals surface area contributed by atoms with Crippen molar-refractivity contribution in [1.82, 2.24) is 4.98 Å². The number of aromatic nitrogens is 1. The van der Waals surface area contributed by atoms with Crippen molar-refractivity contribution in [2.45, 2.75) is 46.5 Å². The van der Waals surface area contributed by atoms with Crippen molar-refractivity contribution < 1.29 is 23.9 Å². The van der Waals surface area contributed by atoms with Crippen molar-refractivity contribution in [3.8, 4) is 11.3 Å². The molecule has 0 radical (unpaired) electrons. The molecule has 2 fully saturated rings. The number of fused-ring (bicyclic) bond motifs is 2. The molecule has 3 aromatic carbocycles. The fourth-order valence-corrected chi connectivity index (χ4v) is 6.06. The third-order valence-corrected chi connectivity index (χ3v) is 8.61. The lowest BCUT2D eigenvalue weighted by molar-refractivity contribution is -0.122. The number of ether oxygens (including phenoxy) is 1. The molecule has 2 aliphatic rings. The minimum absolute atomic E-state index is 0.114. The largest absolute Gasteiger partial charge is 0.454 e. The number of hydrogen-bond acceptors (Lipinski definition) is 6. The Bertz CT molecular complexity index is 1730. The van der Waals surface area contributed by atoms with Crippen LogP contribution in [0.2, 0.25) is 0 Å². The predicted molar refractivity (Wildman–Crippen MR) is 160 cm³/mol. The quantitative estimate of drug-likeness (QED) is 0.151. The number of pyridine rings is 1. The molecule has 2 atom stereocenters. The maximum absolute atomic E-state index is 13.4. The molecular formula is C35H32N2O5. The number of rotatable bonds is 6. The molecule has 0 unspecified atom stereocenters. The molecule has 1 aromatic heterocycles. The number of esters is 1. The van der Waals surface area contributed by atoms with Crippen LogP contribution in [0.1, 0.15) is 63.1 Å². The molecule has 7 nitrogen and oxygen atoms in total. The van der Waals surface area contributed by atoms with Crippen LogP contribution in [0.4, 0.5) is 5.69 Å². The Morgan fingerprint density at radius 3 is 2.19 bits per heavy atom. The maximum Gasteiger partial charge on any atom is 0.339 e. The molecule has 2 amide bonds. The van der Waals surface area contributed by atoms with Gasteiger partial charge in [-0.25, -0.2) is 9.78 Å². The van der Waals surface area contributed by atoms with Crippen molar-refractivity contribution in [2.75, 3.05) is 11.5 Å². The van der Waals surface area contributed by atoms with E-state index in [1.807, 2.05) is 45.0 Å². The van der Waals surface area contributed by atoms with Crippen LogP contribution in [0, 0.1) is 32.6 Å². The third kappa shape index (κ3) is 5.00. The highest BCUT2D eigenvalue weighted by Crippen LogP contribution is 2.40. The molecule has 1 aliphatic heterocycles. The molecular weight excluding hydrogens is 528 g/mol. The van der Waals surface area contributed by atoms with E-state index in [1.54, 1.807) is 42.5 Å². The second-order valence-corrected chi connectivity index (χ2v) is 11.4. The van der Waals surface area contributed by atoms with E-state index in [1.165, 1.54) is 4.90 Å². The smallest absolute Gasteiger partial charge is 0.339 e. The average Bonchev–Trinajstić information content (AvgIpc) is 3.26. The summed E-state index contributed by atoms with van der Waals surface area (Å²) >= 11 is 0. The summed E-state index contributed by atoms with van der Waals surface area (Å²) in [6.45, 7) is 5.47. The minimum atomic E-state index is -0.612. The normalized spacial score (nSPS) is 18.3. The summed E-state index contributed by atoms with van der Waals surface area (Å²) in [6, 6.07) is 19.8. The second-order valence-electron chi connectivity index (χ2n) is 11.4. The number of hydrogen-bond donors (Lipinski definition) is 0. The molecule has 42 heavy (non-hydrogen) atoms. The molecule has 1 saturated carbocycles. The Morgan fingerprint density at radius 2 is 1.52 bits per heavy atom. The first kappa shape index (κ1) is 27.5. The van der Waals surface area contributed by atoms with Gasteiger partial charge in [0.15, 0.2) is 12.4 Å². The van der Waals surface area contributed by atoms with Crippen LogP contribution in [0.5, 0.6) is 0 Å². The molecule has 0 bridgehead atoms. The Labute approximate surface area is 244 Å². The van der Waals surface area contributed by atoms with Crippen molar-refractivity contribution in [1.29, 1.82) is 0 Å². The SMILES string of the molecule is Cc1ccc2nc(-c3ccc(N4C(=O)[C@H]5CCCC[C@@H]5C4=O)cc3)cc(C(=O)OCC(=O)c3ccc(C)c(C)c3)c2c1. The molecule has 4 aromatic rings. The lowest BCUT2D eigenvalue weighted by atomic mass is 9.81. The topological polar surface area (TPSA) is 93.6 Å². The van der Waals surface area contributed by atoms with E-state index in [0.29, 0.717) is 33.4 Å². The molecule has 212 valence electrons. The average molecular weight is 561 g/mol. The van der Waals surface area contributed by atoms with E-state index in [0.717, 1.165) is 47.9 Å². The van der Waals surface area contributed by atoms with Gasteiger partial charge in [0.2, 0.25) is 11.8 Å². The molecule has 7 heteroatoms. The predicted octanol–water partition coefficient (Wildman–Crippen LogP) is 6.55. The zero-order valence-electron chi connectivity index (χ0n) is 24.0. The summed E-state index contributed by atoms with van der Waals surface area (Å²) in [5.41, 5.74) is 6.27. The number of carbonyl (C=O) groups is 4. The van der Waals surface area contributed by atoms with Crippen molar-refractivity contribution in [3.05, 3.63) is 94.5 Å². The summed E-state index contributed by atoms with van der Waals surface area (Å²) in [6.07, 6.45) is 3.48. The van der Waals surface area contributed by atoms with Gasteiger partial charge in [0.25, 0.3) is 0 Å². The Morgan fingerprint density at radius 1 is 0.833 bits per heavy atom. The van der Waals surface area contributed by atoms with E-state index >= 15 is 0 Å². The number of Topliss-reactive ketones (excluding diaryl/α,β-unsaturated/α-hetero) is 1. The third-order valence-electron chi connectivity index (χ3n) is 8.61. The summed E-state index contributed by atoms with van der Waals surface area (Å²) in [7, 11) is 0. The summed E-state index contributed by atoms with van der Waals surface area (Å²) < 4.78 is 5.51. The number of nitrogens with zero attached hydrogens (tertiary/aromatic N) is 2. The van der Waals surface area contributed by atoms with Crippen LogP contribution in [0.3, 0.4) is 0 Å². The van der Waals surface area contributed by atoms with Gasteiger partial charge in [-0.3, -0.25) is 19.3 Å². The van der Waals surface area contributed by atoms with Gasteiger partial charge in [0.05, 0.1) is 34.3 Å². The first-order valence-electron chi connectivity index (χ1n) is 14.4. The monoisotopic (exact) mass is 560 g/mol. The van der Waals surface area contributed by atoms with Gasteiger partial charge < -0.3 is 4.74 Å². The zero-order chi connectivity index (χ0) is 29.5. The van der Waals surface area contributed by atoms with Crippen LogP contribution < -0.4 is 4.90 Å². The number of amides is 2. The van der Waals surface area contributed by atoms with E-state index < -0.39 is 5.97 Å². The number of carbonyl (C=O) groups excluding carboxylic acids is 4. The maximum atomic E-state index is 13.4. The van der Waals surface area contributed by atoms with Crippen molar-refractivity contribution in [3.63, 3.8) is 0 Å². The first-order valence-corrected chi connectivity index (χ1v) is 14.4. The lowest BCUT2D eigenvalue weighted by Gasteiger charge is -2.19.